The van der Waals surface area contributed by atoms with E-state index in [1.807, 2.05) is 0 Å². The number of benzene rings is 1. The van der Waals surface area contributed by atoms with Gasteiger partial charge in [0.2, 0.25) is 0 Å². The largest absolute Gasteiger partial charge is 0.379 e. The molecule has 1 aromatic rings. The third-order valence-corrected chi connectivity index (χ3v) is 3.14. The van der Waals surface area contributed by atoms with Crippen molar-refractivity contribution >= 4 is 23.0 Å². The molecule has 0 bridgehead atoms. The molecule has 1 rings (SSSR count). The highest BCUT2D eigenvalue weighted by Gasteiger charge is 2.15. The summed E-state index contributed by atoms with van der Waals surface area (Å²) in [7, 11) is 0. The van der Waals surface area contributed by atoms with Crippen molar-refractivity contribution < 1.29 is 4.92 Å². The van der Waals surface area contributed by atoms with Gasteiger partial charge < -0.3 is 5.32 Å². The van der Waals surface area contributed by atoms with Gasteiger partial charge in [0.25, 0.3) is 5.69 Å². The van der Waals surface area contributed by atoms with Crippen LogP contribution in [0.2, 0.25) is 5.02 Å². The molecule has 0 aromatic heterocycles. The third kappa shape index (κ3) is 3.89. The number of nitro groups is 1. The Morgan fingerprint density at radius 3 is 2.59 bits per heavy atom. The first kappa shape index (κ1) is 13.8. The predicted octanol–water partition coefficient (Wildman–Crippen LogP) is 3.95. The lowest BCUT2D eigenvalue weighted by atomic mass is 9.98. The molecule has 0 radical (unpaired) electrons. The van der Waals surface area contributed by atoms with Crippen molar-refractivity contribution in [3.8, 4) is 0 Å². The van der Waals surface area contributed by atoms with E-state index in [-0.39, 0.29) is 5.69 Å². The average molecular weight is 257 g/mol. The molecule has 94 valence electrons. The van der Waals surface area contributed by atoms with Gasteiger partial charge in [-0.3, -0.25) is 10.1 Å². The number of rotatable bonds is 5. The van der Waals surface area contributed by atoms with Crippen molar-refractivity contribution in [3.05, 3.63) is 33.3 Å². The van der Waals surface area contributed by atoms with Crippen molar-refractivity contribution in [2.24, 2.45) is 11.8 Å². The lowest BCUT2D eigenvalue weighted by Crippen LogP contribution is -2.16. The molecule has 1 N–H and O–H groups in total. The summed E-state index contributed by atoms with van der Waals surface area (Å²) in [6, 6.07) is 4.54. The smallest absolute Gasteiger partial charge is 0.292 e. The van der Waals surface area contributed by atoms with Gasteiger partial charge in [-0.15, -0.1) is 0 Å². The first-order valence-corrected chi connectivity index (χ1v) is 5.97. The summed E-state index contributed by atoms with van der Waals surface area (Å²) in [6.07, 6.45) is 0. The predicted molar refractivity (Wildman–Crippen MR) is 70.6 cm³/mol. The molecule has 1 aromatic carbocycles. The van der Waals surface area contributed by atoms with Crippen LogP contribution in [0, 0.1) is 22.0 Å². The van der Waals surface area contributed by atoms with Gasteiger partial charge in [-0.05, 0) is 24.0 Å². The summed E-state index contributed by atoms with van der Waals surface area (Å²) in [5.41, 5.74) is 0.542. The molecule has 0 aliphatic heterocycles. The molecular formula is C12H17ClN2O2. The number of halogens is 1. The number of anilines is 1. The van der Waals surface area contributed by atoms with Crippen LogP contribution in [0.15, 0.2) is 18.2 Å². The molecule has 5 heteroatoms. The zero-order valence-electron chi connectivity index (χ0n) is 10.2. The molecule has 0 heterocycles. The molecule has 1 unspecified atom stereocenters. The molecule has 0 saturated heterocycles. The summed E-state index contributed by atoms with van der Waals surface area (Å²) in [5, 5.41) is 14.4. The van der Waals surface area contributed by atoms with E-state index in [0.29, 0.717) is 29.1 Å². The quantitative estimate of drug-likeness (QED) is 0.641. The van der Waals surface area contributed by atoms with E-state index in [1.54, 1.807) is 6.07 Å². The average Bonchev–Trinajstić information content (AvgIpc) is 2.25. The number of nitrogens with one attached hydrogen (secondary N) is 1. The van der Waals surface area contributed by atoms with Crippen LogP contribution in [-0.2, 0) is 0 Å². The van der Waals surface area contributed by atoms with Gasteiger partial charge in [0, 0.05) is 17.6 Å². The van der Waals surface area contributed by atoms with E-state index < -0.39 is 4.92 Å². The highest BCUT2D eigenvalue weighted by atomic mass is 35.5. The fraction of sp³-hybridized carbons (Fsp3) is 0.500. The molecule has 0 fully saturated rings. The van der Waals surface area contributed by atoms with Gasteiger partial charge in [0.05, 0.1) is 4.92 Å². The van der Waals surface area contributed by atoms with Crippen LogP contribution in [-0.4, -0.2) is 11.5 Å². The number of hydrogen-bond acceptors (Lipinski definition) is 3. The number of hydrogen-bond donors (Lipinski definition) is 1. The van der Waals surface area contributed by atoms with Crippen LogP contribution in [0.1, 0.15) is 20.8 Å². The maximum Gasteiger partial charge on any atom is 0.292 e. The Morgan fingerprint density at radius 2 is 2.06 bits per heavy atom. The second kappa shape index (κ2) is 5.87. The summed E-state index contributed by atoms with van der Waals surface area (Å²) in [4.78, 5) is 10.4. The Labute approximate surface area is 106 Å². The second-order valence-electron chi connectivity index (χ2n) is 4.52. The van der Waals surface area contributed by atoms with Gasteiger partial charge >= 0.3 is 0 Å². The van der Waals surface area contributed by atoms with Crippen molar-refractivity contribution in [2.75, 3.05) is 11.9 Å². The van der Waals surface area contributed by atoms with E-state index in [1.165, 1.54) is 12.1 Å². The molecule has 17 heavy (non-hydrogen) atoms. The van der Waals surface area contributed by atoms with Crippen molar-refractivity contribution in [3.63, 3.8) is 0 Å². The van der Waals surface area contributed by atoms with E-state index in [2.05, 4.69) is 26.1 Å². The topological polar surface area (TPSA) is 55.2 Å². The fourth-order valence-electron chi connectivity index (χ4n) is 1.32. The van der Waals surface area contributed by atoms with Gasteiger partial charge in [-0.1, -0.05) is 32.4 Å². The molecule has 4 nitrogen and oxygen atoms in total. The van der Waals surface area contributed by atoms with E-state index in [9.17, 15) is 10.1 Å². The van der Waals surface area contributed by atoms with Gasteiger partial charge in [-0.25, -0.2) is 0 Å². The lowest BCUT2D eigenvalue weighted by molar-refractivity contribution is -0.384. The molecule has 0 spiro atoms. The molecular weight excluding hydrogens is 240 g/mol. The summed E-state index contributed by atoms with van der Waals surface area (Å²) >= 11 is 5.84. The first-order valence-electron chi connectivity index (χ1n) is 5.59. The zero-order chi connectivity index (χ0) is 13.0. The van der Waals surface area contributed by atoms with E-state index >= 15 is 0 Å². The SMILES string of the molecule is CC(C)C(C)CNc1cc(Cl)ccc1[N+](=O)[O-]. The van der Waals surface area contributed by atoms with Crippen LogP contribution in [0.25, 0.3) is 0 Å². The van der Waals surface area contributed by atoms with Crippen molar-refractivity contribution in [1.29, 1.82) is 0 Å². The third-order valence-electron chi connectivity index (χ3n) is 2.91. The Morgan fingerprint density at radius 1 is 1.41 bits per heavy atom. The standard InChI is InChI=1S/C12H17ClN2O2/c1-8(2)9(3)7-14-11-6-10(13)4-5-12(11)15(16)17/h4-6,8-9,14H,7H2,1-3H3. The molecule has 1 atom stereocenters. The monoisotopic (exact) mass is 256 g/mol. The number of nitrogens with zero attached hydrogens (tertiary/aromatic N) is 1. The maximum atomic E-state index is 10.8. The van der Waals surface area contributed by atoms with Crippen molar-refractivity contribution in [1.82, 2.24) is 0 Å². The molecule has 0 amide bonds. The Kier molecular flexibility index (Phi) is 4.75. The highest BCUT2D eigenvalue weighted by Crippen LogP contribution is 2.28. The minimum Gasteiger partial charge on any atom is -0.379 e. The van der Waals surface area contributed by atoms with Gasteiger partial charge in [-0.2, -0.15) is 0 Å². The van der Waals surface area contributed by atoms with Crippen LogP contribution >= 0.6 is 11.6 Å². The van der Waals surface area contributed by atoms with Gasteiger partial charge in [0.15, 0.2) is 0 Å². The summed E-state index contributed by atoms with van der Waals surface area (Å²) < 4.78 is 0. The van der Waals surface area contributed by atoms with Crippen LogP contribution < -0.4 is 5.32 Å². The first-order chi connectivity index (χ1) is 7.91. The Balaban J connectivity index is 2.82. The van der Waals surface area contributed by atoms with Crippen LogP contribution in [0.5, 0.6) is 0 Å². The fourth-order valence-corrected chi connectivity index (χ4v) is 1.49. The lowest BCUT2D eigenvalue weighted by Gasteiger charge is -2.16. The van der Waals surface area contributed by atoms with Crippen molar-refractivity contribution in [2.45, 2.75) is 20.8 Å². The minimum absolute atomic E-state index is 0.0605. The molecule has 0 saturated carbocycles. The second-order valence-corrected chi connectivity index (χ2v) is 4.96. The maximum absolute atomic E-state index is 10.8. The van der Waals surface area contributed by atoms with Crippen LogP contribution in [0.3, 0.4) is 0 Å². The normalized spacial score (nSPS) is 12.5. The molecule has 0 aliphatic rings. The zero-order valence-corrected chi connectivity index (χ0v) is 11.0. The number of nitro benzene ring substituents is 1. The van der Waals surface area contributed by atoms with Gasteiger partial charge in [0.1, 0.15) is 5.69 Å². The summed E-state index contributed by atoms with van der Waals surface area (Å²) in [5.74, 6) is 0.967. The summed E-state index contributed by atoms with van der Waals surface area (Å²) in [6.45, 7) is 7.05. The highest BCUT2D eigenvalue weighted by molar-refractivity contribution is 6.31. The minimum atomic E-state index is -0.404. The van der Waals surface area contributed by atoms with Crippen LogP contribution in [0.4, 0.5) is 11.4 Å². The Hall–Kier alpha value is -1.29. The van der Waals surface area contributed by atoms with E-state index in [0.717, 1.165) is 0 Å². The Bertz CT molecular complexity index is 407. The molecule has 0 aliphatic carbocycles. The van der Waals surface area contributed by atoms with E-state index in [4.69, 9.17) is 11.6 Å².